The van der Waals surface area contributed by atoms with Gasteiger partial charge in [0.15, 0.2) is 0 Å². The Balaban J connectivity index is 2.12. The number of rotatable bonds is 3. The fourth-order valence-electron chi connectivity index (χ4n) is 1.37. The highest BCUT2D eigenvalue weighted by molar-refractivity contribution is 9.10. The zero-order valence-electron chi connectivity index (χ0n) is 8.57. The zero-order valence-corrected chi connectivity index (χ0v) is 10.2. The van der Waals surface area contributed by atoms with Crippen LogP contribution in [0.25, 0.3) is 0 Å². The molecule has 0 fully saturated rings. The van der Waals surface area contributed by atoms with Crippen LogP contribution in [0, 0.1) is 0 Å². The molecule has 1 heterocycles. The number of nitrogens with one attached hydrogen (secondary N) is 1. The van der Waals surface area contributed by atoms with Crippen molar-refractivity contribution in [1.82, 2.24) is 0 Å². The summed E-state index contributed by atoms with van der Waals surface area (Å²) in [6, 6.07) is 7.59. The topological polar surface area (TPSA) is 47.6 Å². The number of benzene rings is 1. The monoisotopic (exact) mass is 283 g/mol. The van der Waals surface area contributed by atoms with Gasteiger partial charge in [0, 0.05) is 23.3 Å². The lowest BCUT2D eigenvalue weighted by Crippen LogP contribution is -2.18. The van der Waals surface area contributed by atoms with Crippen molar-refractivity contribution in [2.75, 3.05) is 12.4 Å². The van der Waals surface area contributed by atoms with Gasteiger partial charge in [0.05, 0.1) is 5.70 Å². The number of esters is 1. The van der Waals surface area contributed by atoms with E-state index in [1.54, 1.807) is 0 Å². The molecule has 1 aromatic carbocycles. The van der Waals surface area contributed by atoms with E-state index < -0.39 is 12.3 Å². The molecule has 1 aromatic rings. The first-order valence-corrected chi connectivity index (χ1v) is 5.46. The molecule has 1 aliphatic heterocycles. The largest absolute Gasteiger partial charge is 0.426 e. The zero-order chi connectivity index (χ0) is 11.5. The van der Waals surface area contributed by atoms with E-state index in [-0.39, 0.29) is 0 Å². The van der Waals surface area contributed by atoms with E-state index in [4.69, 9.17) is 9.47 Å². The van der Waals surface area contributed by atoms with Crippen LogP contribution in [0.5, 0.6) is 0 Å². The fraction of sp³-hybridized carbons (Fsp3) is 0.182. The molecule has 1 unspecified atom stereocenters. The Morgan fingerprint density at radius 2 is 2.06 bits per heavy atom. The number of halogens is 1. The Labute approximate surface area is 101 Å². The Morgan fingerprint density at radius 1 is 1.38 bits per heavy atom. The van der Waals surface area contributed by atoms with Crippen molar-refractivity contribution in [1.29, 1.82) is 0 Å². The van der Waals surface area contributed by atoms with Crippen LogP contribution in [0.2, 0.25) is 0 Å². The summed E-state index contributed by atoms with van der Waals surface area (Å²) in [7, 11) is 1.49. The van der Waals surface area contributed by atoms with E-state index in [1.165, 1.54) is 13.2 Å². The second-order valence-corrected chi connectivity index (χ2v) is 4.15. The number of carbonyl (C=O) groups excluding carboxylic acids is 1. The smallest absolute Gasteiger partial charge is 0.335 e. The molecule has 0 aliphatic carbocycles. The predicted octanol–water partition coefficient (Wildman–Crippen LogP) is 2.27. The quantitative estimate of drug-likeness (QED) is 0.865. The first-order chi connectivity index (χ1) is 7.69. The number of carbonyl (C=O) groups is 1. The highest BCUT2D eigenvalue weighted by Gasteiger charge is 2.25. The second kappa shape index (κ2) is 4.67. The van der Waals surface area contributed by atoms with Gasteiger partial charge in [-0.3, -0.25) is 0 Å². The molecular weight excluding hydrogens is 274 g/mol. The third-order valence-corrected chi connectivity index (χ3v) is 2.63. The lowest BCUT2D eigenvalue weighted by molar-refractivity contribution is -0.155. The summed E-state index contributed by atoms with van der Waals surface area (Å²) < 4.78 is 10.9. The van der Waals surface area contributed by atoms with Crippen LogP contribution in [0.15, 0.2) is 40.5 Å². The first-order valence-electron chi connectivity index (χ1n) is 4.66. The van der Waals surface area contributed by atoms with E-state index >= 15 is 0 Å². The van der Waals surface area contributed by atoms with Gasteiger partial charge in [0.1, 0.15) is 0 Å². The van der Waals surface area contributed by atoms with Crippen LogP contribution in [0.3, 0.4) is 0 Å². The molecule has 5 heteroatoms. The maximum absolute atomic E-state index is 11.0. The van der Waals surface area contributed by atoms with Gasteiger partial charge in [-0.05, 0) is 24.3 Å². The average Bonchev–Trinajstić information content (AvgIpc) is 2.62. The highest BCUT2D eigenvalue weighted by Crippen LogP contribution is 2.21. The van der Waals surface area contributed by atoms with Crippen molar-refractivity contribution in [3.8, 4) is 0 Å². The van der Waals surface area contributed by atoms with Crippen LogP contribution in [0.4, 0.5) is 5.69 Å². The van der Waals surface area contributed by atoms with Gasteiger partial charge in [0.2, 0.25) is 6.29 Å². The first kappa shape index (κ1) is 11.2. The van der Waals surface area contributed by atoms with Gasteiger partial charge in [-0.2, -0.15) is 0 Å². The molecule has 2 rings (SSSR count). The van der Waals surface area contributed by atoms with Crippen molar-refractivity contribution in [2.45, 2.75) is 6.29 Å². The molecule has 0 bridgehead atoms. The van der Waals surface area contributed by atoms with Crippen LogP contribution >= 0.6 is 15.9 Å². The number of ether oxygens (including phenoxy) is 2. The van der Waals surface area contributed by atoms with E-state index in [1.807, 2.05) is 24.3 Å². The molecule has 0 radical (unpaired) electrons. The summed E-state index contributed by atoms with van der Waals surface area (Å²) in [5, 5.41) is 3.07. The lowest BCUT2D eigenvalue weighted by atomic mass is 10.3. The number of hydrogen-bond donors (Lipinski definition) is 1. The van der Waals surface area contributed by atoms with Gasteiger partial charge in [-0.1, -0.05) is 15.9 Å². The summed E-state index contributed by atoms with van der Waals surface area (Å²) in [5.74, 6) is -0.397. The summed E-state index contributed by atoms with van der Waals surface area (Å²) in [6.07, 6.45) is 0.743. The maximum Gasteiger partial charge on any atom is 0.335 e. The minimum absolute atomic E-state index is 0.397. The van der Waals surface area contributed by atoms with Crippen molar-refractivity contribution >= 4 is 27.6 Å². The van der Waals surface area contributed by atoms with Crippen molar-refractivity contribution in [3.05, 3.63) is 40.5 Å². The Hall–Kier alpha value is -1.33. The van der Waals surface area contributed by atoms with Crippen molar-refractivity contribution in [3.63, 3.8) is 0 Å². The Bertz CT molecular complexity index is 427. The molecule has 16 heavy (non-hydrogen) atoms. The third kappa shape index (κ3) is 2.43. The Kier molecular flexibility index (Phi) is 3.26. The lowest BCUT2D eigenvalue weighted by Gasteiger charge is -2.13. The molecule has 1 aliphatic rings. The minimum Gasteiger partial charge on any atom is -0.426 e. The van der Waals surface area contributed by atoms with Crippen LogP contribution in [0.1, 0.15) is 0 Å². The molecule has 4 nitrogen and oxygen atoms in total. The predicted molar refractivity (Wildman–Crippen MR) is 62.7 cm³/mol. The fourth-order valence-corrected chi connectivity index (χ4v) is 1.63. The molecule has 0 saturated carbocycles. The minimum atomic E-state index is -0.642. The van der Waals surface area contributed by atoms with Gasteiger partial charge in [0.25, 0.3) is 0 Å². The molecule has 0 amide bonds. The second-order valence-electron chi connectivity index (χ2n) is 3.24. The number of hydrogen-bond acceptors (Lipinski definition) is 4. The Morgan fingerprint density at radius 3 is 2.69 bits per heavy atom. The summed E-state index contributed by atoms with van der Waals surface area (Å²) in [6.45, 7) is 0. The molecule has 1 N–H and O–H groups in total. The molecular formula is C11H10BrNO3. The maximum atomic E-state index is 11.0. The summed E-state index contributed by atoms with van der Waals surface area (Å²) >= 11 is 3.35. The molecule has 0 saturated heterocycles. The average molecular weight is 284 g/mol. The van der Waals surface area contributed by atoms with Crippen molar-refractivity contribution in [2.24, 2.45) is 0 Å². The molecule has 0 aromatic heterocycles. The normalized spacial score (nSPS) is 19.2. The van der Waals surface area contributed by atoms with E-state index in [0.717, 1.165) is 10.2 Å². The van der Waals surface area contributed by atoms with Gasteiger partial charge in [-0.25, -0.2) is 4.79 Å². The highest BCUT2D eigenvalue weighted by atomic mass is 79.9. The summed E-state index contributed by atoms with van der Waals surface area (Å²) in [5.41, 5.74) is 1.48. The third-order valence-electron chi connectivity index (χ3n) is 2.10. The van der Waals surface area contributed by atoms with Crippen LogP contribution in [-0.4, -0.2) is 19.4 Å². The van der Waals surface area contributed by atoms with E-state index in [9.17, 15) is 4.79 Å². The van der Waals surface area contributed by atoms with Crippen LogP contribution < -0.4 is 5.32 Å². The SMILES string of the molecule is COC1OC(=O)C=C1Nc1ccc(Br)cc1. The number of methoxy groups -OCH3 is 1. The van der Waals surface area contributed by atoms with Crippen LogP contribution in [-0.2, 0) is 14.3 Å². The van der Waals surface area contributed by atoms with Gasteiger partial charge in [-0.15, -0.1) is 0 Å². The molecule has 0 spiro atoms. The molecule has 1 atom stereocenters. The van der Waals surface area contributed by atoms with Crippen molar-refractivity contribution < 1.29 is 14.3 Å². The van der Waals surface area contributed by atoms with Gasteiger partial charge >= 0.3 is 5.97 Å². The number of anilines is 1. The summed E-state index contributed by atoms with van der Waals surface area (Å²) in [4.78, 5) is 11.0. The number of cyclic esters (lactones) is 1. The van der Waals surface area contributed by atoms with E-state index in [2.05, 4.69) is 21.2 Å². The standard InChI is InChI=1S/C11H10BrNO3/c1-15-11-9(6-10(14)16-11)13-8-4-2-7(12)3-5-8/h2-6,11,13H,1H3. The van der Waals surface area contributed by atoms with Gasteiger partial charge < -0.3 is 14.8 Å². The molecule has 84 valence electrons. The van der Waals surface area contributed by atoms with E-state index in [0.29, 0.717) is 5.70 Å².